The van der Waals surface area contributed by atoms with E-state index in [0.29, 0.717) is 6.04 Å². The summed E-state index contributed by atoms with van der Waals surface area (Å²) in [6.07, 6.45) is 1.34. The molecule has 0 unspecified atom stereocenters. The molecule has 1 heterocycles. The molecule has 1 rings (SSSR count). The minimum Gasteiger partial charge on any atom is -0.298 e. The topological polar surface area (TPSA) is 6.48 Å². The standard InChI is InChI=1S/C13H28N2/c1-11(2)6-7-14-8-9-15(12(3)4)10-13(14)5/h11-13H,6-10H2,1-5H3/t13-/m1/s1. The first-order valence-corrected chi connectivity index (χ1v) is 6.48. The van der Waals surface area contributed by atoms with E-state index in [2.05, 4.69) is 44.4 Å². The van der Waals surface area contributed by atoms with Crippen LogP contribution in [0.5, 0.6) is 0 Å². The van der Waals surface area contributed by atoms with Gasteiger partial charge in [0.2, 0.25) is 0 Å². The molecule has 0 amide bonds. The Bertz CT molecular complexity index is 177. The molecule has 0 radical (unpaired) electrons. The highest BCUT2D eigenvalue weighted by Crippen LogP contribution is 2.13. The largest absolute Gasteiger partial charge is 0.298 e. The van der Waals surface area contributed by atoms with Crippen LogP contribution >= 0.6 is 0 Å². The van der Waals surface area contributed by atoms with Crippen molar-refractivity contribution in [2.75, 3.05) is 26.2 Å². The lowest BCUT2D eigenvalue weighted by Crippen LogP contribution is -2.53. The summed E-state index contributed by atoms with van der Waals surface area (Å²) in [6.45, 7) is 16.6. The number of nitrogens with zero attached hydrogens (tertiary/aromatic N) is 2. The summed E-state index contributed by atoms with van der Waals surface area (Å²) >= 11 is 0. The van der Waals surface area contributed by atoms with Crippen molar-refractivity contribution in [3.63, 3.8) is 0 Å². The third-order valence-electron chi connectivity index (χ3n) is 3.52. The second kappa shape index (κ2) is 5.86. The Balaban J connectivity index is 2.32. The highest BCUT2D eigenvalue weighted by molar-refractivity contribution is 4.80. The molecule has 0 spiro atoms. The van der Waals surface area contributed by atoms with Gasteiger partial charge in [-0.25, -0.2) is 0 Å². The maximum atomic E-state index is 2.65. The molecule has 1 fully saturated rings. The smallest absolute Gasteiger partial charge is 0.0195 e. The van der Waals surface area contributed by atoms with E-state index in [1.807, 2.05) is 0 Å². The average molecular weight is 212 g/mol. The minimum atomic E-state index is 0.708. The number of rotatable bonds is 4. The molecule has 90 valence electrons. The van der Waals surface area contributed by atoms with Gasteiger partial charge in [0.05, 0.1) is 0 Å². The highest BCUT2D eigenvalue weighted by Gasteiger charge is 2.24. The molecule has 0 aromatic heterocycles. The van der Waals surface area contributed by atoms with E-state index in [0.717, 1.165) is 12.0 Å². The van der Waals surface area contributed by atoms with E-state index >= 15 is 0 Å². The van der Waals surface area contributed by atoms with E-state index in [1.165, 1.54) is 32.6 Å². The summed E-state index contributed by atoms with van der Waals surface area (Å²) in [5.41, 5.74) is 0. The lowest BCUT2D eigenvalue weighted by molar-refractivity contribution is 0.0619. The first kappa shape index (κ1) is 13.0. The van der Waals surface area contributed by atoms with E-state index in [1.54, 1.807) is 0 Å². The fraction of sp³-hybridized carbons (Fsp3) is 1.00. The molecule has 1 saturated heterocycles. The maximum Gasteiger partial charge on any atom is 0.0195 e. The van der Waals surface area contributed by atoms with Crippen molar-refractivity contribution in [2.24, 2.45) is 5.92 Å². The lowest BCUT2D eigenvalue weighted by Gasteiger charge is -2.41. The van der Waals surface area contributed by atoms with Gasteiger partial charge in [-0.05, 0) is 39.7 Å². The molecular weight excluding hydrogens is 184 g/mol. The van der Waals surface area contributed by atoms with Crippen LogP contribution in [0.3, 0.4) is 0 Å². The van der Waals surface area contributed by atoms with Gasteiger partial charge in [0, 0.05) is 31.7 Å². The van der Waals surface area contributed by atoms with Crippen LogP contribution in [0.4, 0.5) is 0 Å². The Labute approximate surface area is 95.6 Å². The Morgan fingerprint density at radius 2 is 1.80 bits per heavy atom. The molecular formula is C13H28N2. The Morgan fingerprint density at radius 3 is 2.27 bits per heavy atom. The van der Waals surface area contributed by atoms with Gasteiger partial charge in [-0.15, -0.1) is 0 Å². The van der Waals surface area contributed by atoms with E-state index in [-0.39, 0.29) is 0 Å². The van der Waals surface area contributed by atoms with Gasteiger partial charge in [0.1, 0.15) is 0 Å². The number of piperazine rings is 1. The molecule has 2 nitrogen and oxygen atoms in total. The summed E-state index contributed by atoms with van der Waals surface area (Å²) in [6, 6.07) is 1.44. The molecule has 0 aromatic rings. The summed E-state index contributed by atoms with van der Waals surface area (Å²) in [5.74, 6) is 0.834. The molecule has 0 N–H and O–H groups in total. The van der Waals surface area contributed by atoms with Crippen molar-refractivity contribution >= 4 is 0 Å². The minimum absolute atomic E-state index is 0.708. The second-order valence-electron chi connectivity index (χ2n) is 5.66. The van der Waals surface area contributed by atoms with Crippen LogP contribution in [0.2, 0.25) is 0 Å². The summed E-state index contributed by atoms with van der Waals surface area (Å²) < 4.78 is 0. The molecule has 15 heavy (non-hydrogen) atoms. The lowest BCUT2D eigenvalue weighted by atomic mass is 10.1. The Kier molecular flexibility index (Phi) is 5.07. The predicted molar refractivity (Wildman–Crippen MR) is 67.2 cm³/mol. The Hall–Kier alpha value is -0.0800. The molecule has 1 aliphatic rings. The van der Waals surface area contributed by atoms with Crippen LogP contribution in [-0.4, -0.2) is 48.1 Å². The predicted octanol–water partition coefficient (Wildman–Crippen LogP) is 2.45. The van der Waals surface area contributed by atoms with Gasteiger partial charge in [-0.3, -0.25) is 9.80 Å². The van der Waals surface area contributed by atoms with Gasteiger partial charge in [0.15, 0.2) is 0 Å². The monoisotopic (exact) mass is 212 g/mol. The fourth-order valence-corrected chi connectivity index (χ4v) is 2.25. The normalized spacial score (nSPS) is 25.4. The highest BCUT2D eigenvalue weighted by atomic mass is 15.3. The zero-order chi connectivity index (χ0) is 11.4. The van der Waals surface area contributed by atoms with Crippen LogP contribution in [0, 0.1) is 5.92 Å². The third kappa shape index (κ3) is 4.12. The van der Waals surface area contributed by atoms with Crippen LogP contribution in [-0.2, 0) is 0 Å². The van der Waals surface area contributed by atoms with Gasteiger partial charge in [-0.2, -0.15) is 0 Å². The van der Waals surface area contributed by atoms with E-state index < -0.39 is 0 Å². The quantitative estimate of drug-likeness (QED) is 0.706. The van der Waals surface area contributed by atoms with Gasteiger partial charge < -0.3 is 0 Å². The Morgan fingerprint density at radius 1 is 1.13 bits per heavy atom. The molecule has 1 aliphatic heterocycles. The molecule has 0 aliphatic carbocycles. The van der Waals surface area contributed by atoms with Gasteiger partial charge in [0.25, 0.3) is 0 Å². The van der Waals surface area contributed by atoms with Crippen LogP contribution in [0.15, 0.2) is 0 Å². The van der Waals surface area contributed by atoms with Crippen molar-refractivity contribution in [3.8, 4) is 0 Å². The summed E-state index contributed by atoms with van der Waals surface area (Å²) in [4.78, 5) is 5.25. The van der Waals surface area contributed by atoms with Crippen LogP contribution < -0.4 is 0 Å². The van der Waals surface area contributed by atoms with Crippen LogP contribution in [0.25, 0.3) is 0 Å². The van der Waals surface area contributed by atoms with Crippen molar-refractivity contribution in [2.45, 2.75) is 53.1 Å². The molecule has 0 bridgehead atoms. The number of hydrogen-bond donors (Lipinski definition) is 0. The van der Waals surface area contributed by atoms with Crippen molar-refractivity contribution in [1.82, 2.24) is 9.80 Å². The summed E-state index contributed by atoms with van der Waals surface area (Å²) in [7, 11) is 0. The molecule has 0 saturated carbocycles. The third-order valence-corrected chi connectivity index (χ3v) is 3.52. The summed E-state index contributed by atoms with van der Waals surface area (Å²) in [5, 5.41) is 0. The van der Waals surface area contributed by atoms with Crippen molar-refractivity contribution in [3.05, 3.63) is 0 Å². The first-order valence-electron chi connectivity index (χ1n) is 6.48. The fourth-order valence-electron chi connectivity index (χ4n) is 2.25. The van der Waals surface area contributed by atoms with Gasteiger partial charge >= 0.3 is 0 Å². The number of hydrogen-bond acceptors (Lipinski definition) is 2. The maximum absolute atomic E-state index is 2.65. The SMILES string of the molecule is CC(C)CCN1CCN(C(C)C)C[C@H]1C. The zero-order valence-electron chi connectivity index (χ0n) is 11.2. The van der Waals surface area contributed by atoms with Crippen LogP contribution in [0.1, 0.15) is 41.0 Å². The van der Waals surface area contributed by atoms with Crippen molar-refractivity contribution in [1.29, 1.82) is 0 Å². The average Bonchev–Trinajstić information content (AvgIpc) is 2.15. The second-order valence-corrected chi connectivity index (χ2v) is 5.66. The molecule has 2 heteroatoms. The van der Waals surface area contributed by atoms with Crippen molar-refractivity contribution < 1.29 is 0 Å². The first-order chi connectivity index (χ1) is 7.00. The zero-order valence-corrected chi connectivity index (χ0v) is 11.2. The molecule has 1 atom stereocenters. The van der Waals surface area contributed by atoms with E-state index in [4.69, 9.17) is 0 Å². The van der Waals surface area contributed by atoms with E-state index in [9.17, 15) is 0 Å². The molecule has 0 aromatic carbocycles. The van der Waals surface area contributed by atoms with Gasteiger partial charge in [-0.1, -0.05) is 13.8 Å².